The second-order valence-electron chi connectivity index (χ2n) is 10.0. The highest BCUT2D eigenvalue weighted by Gasteiger charge is 2.36. The number of rotatable bonds is 8. The van der Waals surface area contributed by atoms with Gasteiger partial charge in [0.25, 0.3) is 0 Å². The van der Waals surface area contributed by atoms with Crippen LogP contribution in [0.3, 0.4) is 0 Å². The Morgan fingerprint density at radius 1 is 0.897 bits per heavy atom. The molecular formula is C30H32F2N2O5. The number of amides is 2. The van der Waals surface area contributed by atoms with Crippen molar-refractivity contribution in [1.82, 2.24) is 4.90 Å². The molecule has 9 heteroatoms. The maximum atomic E-state index is 15.1. The Morgan fingerprint density at radius 3 is 1.95 bits per heavy atom. The van der Waals surface area contributed by atoms with Gasteiger partial charge in [0, 0.05) is 37.0 Å². The number of carbonyl (C=O) groups excluding carboxylic acids is 2. The molecule has 2 amide bonds. The van der Waals surface area contributed by atoms with Crippen molar-refractivity contribution in [3.8, 4) is 23.0 Å². The van der Waals surface area contributed by atoms with Crippen LogP contribution < -0.4 is 14.8 Å². The van der Waals surface area contributed by atoms with Crippen molar-refractivity contribution in [3.63, 3.8) is 0 Å². The Bertz CT molecular complexity index is 1290. The molecule has 0 aromatic heterocycles. The van der Waals surface area contributed by atoms with E-state index in [1.54, 1.807) is 47.4 Å². The van der Waals surface area contributed by atoms with Crippen LogP contribution in [0, 0.1) is 11.7 Å². The smallest absolute Gasteiger partial charge is 0.337 e. The second-order valence-corrected chi connectivity index (χ2v) is 10.0. The molecular weight excluding hydrogens is 506 g/mol. The van der Waals surface area contributed by atoms with E-state index in [2.05, 4.69) is 5.32 Å². The standard InChI is InChI=1S/C30H32F2N2O5/c1-20(2)19-30(32)12-14-34(15-13-30)29(36)33-23-16-26(38-24-8-4-21(5-9-24)28(35)37-3)18-27(17-23)39-25-10-6-22(31)7-11-25/h4-11,16-18,20H,12-15,19H2,1-3H3,(H,33,36). The van der Waals surface area contributed by atoms with E-state index < -0.39 is 17.5 Å². The number of hydrogen-bond acceptors (Lipinski definition) is 5. The molecule has 1 aliphatic rings. The molecule has 206 valence electrons. The van der Waals surface area contributed by atoms with Crippen LogP contribution in [-0.2, 0) is 4.74 Å². The zero-order valence-corrected chi connectivity index (χ0v) is 22.2. The van der Waals surface area contributed by atoms with E-state index in [0.717, 1.165) is 0 Å². The van der Waals surface area contributed by atoms with Crippen molar-refractivity contribution in [2.75, 3.05) is 25.5 Å². The monoisotopic (exact) mass is 538 g/mol. The summed E-state index contributed by atoms with van der Waals surface area (Å²) in [4.78, 5) is 26.3. The fraction of sp³-hybridized carbons (Fsp3) is 0.333. The van der Waals surface area contributed by atoms with Gasteiger partial charge in [0.15, 0.2) is 0 Å². The minimum atomic E-state index is -1.25. The third kappa shape index (κ3) is 7.69. The van der Waals surface area contributed by atoms with Gasteiger partial charge in [0.1, 0.15) is 34.5 Å². The van der Waals surface area contributed by atoms with E-state index >= 15 is 4.39 Å². The molecule has 0 unspecified atom stereocenters. The number of nitrogens with zero attached hydrogens (tertiary/aromatic N) is 1. The van der Waals surface area contributed by atoms with Crippen LogP contribution in [0.4, 0.5) is 19.3 Å². The molecule has 1 saturated heterocycles. The topological polar surface area (TPSA) is 77.1 Å². The number of piperidine rings is 1. The number of halogens is 2. The molecule has 3 aromatic rings. The van der Waals surface area contributed by atoms with E-state index in [9.17, 15) is 14.0 Å². The van der Waals surface area contributed by atoms with Crippen LogP contribution in [0.5, 0.6) is 23.0 Å². The van der Waals surface area contributed by atoms with Gasteiger partial charge in [-0.05, 0) is 73.7 Å². The first-order valence-electron chi connectivity index (χ1n) is 12.8. The summed E-state index contributed by atoms with van der Waals surface area (Å²) in [6.45, 7) is 4.62. The highest BCUT2D eigenvalue weighted by atomic mass is 19.1. The van der Waals surface area contributed by atoms with Crippen LogP contribution in [0.15, 0.2) is 66.7 Å². The Morgan fingerprint density at radius 2 is 1.44 bits per heavy atom. The quantitative estimate of drug-likeness (QED) is 0.299. The molecule has 39 heavy (non-hydrogen) atoms. The van der Waals surface area contributed by atoms with Crippen molar-refractivity contribution < 1.29 is 32.6 Å². The molecule has 1 aliphatic heterocycles. The van der Waals surface area contributed by atoms with Gasteiger partial charge < -0.3 is 24.4 Å². The van der Waals surface area contributed by atoms with Crippen molar-refractivity contribution in [2.24, 2.45) is 5.92 Å². The molecule has 7 nitrogen and oxygen atoms in total. The van der Waals surface area contributed by atoms with Gasteiger partial charge in [-0.25, -0.2) is 18.4 Å². The highest BCUT2D eigenvalue weighted by molar-refractivity contribution is 5.90. The summed E-state index contributed by atoms with van der Waals surface area (Å²) >= 11 is 0. The maximum absolute atomic E-state index is 15.1. The summed E-state index contributed by atoms with van der Waals surface area (Å²) < 4.78 is 45.0. The molecule has 3 aromatic carbocycles. The fourth-order valence-corrected chi connectivity index (χ4v) is 4.56. The summed E-state index contributed by atoms with van der Waals surface area (Å²) in [6, 6.07) is 16.4. The van der Waals surface area contributed by atoms with E-state index in [1.807, 2.05) is 13.8 Å². The minimum Gasteiger partial charge on any atom is -0.465 e. The van der Waals surface area contributed by atoms with Crippen LogP contribution in [-0.4, -0.2) is 42.8 Å². The Labute approximate surface area is 226 Å². The normalized spacial score (nSPS) is 14.6. The van der Waals surface area contributed by atoms with Gasteiger partial charge in [0.2, 0.25) is 0 Å². The van der Waals surface area contributed by atoms with Gasteiger partial charge in [-0.15, -0.1) is 0 Å². The first-order valence-corrected chi connectivity index (χ1v) is 12.8. The van der Waals surface area contributed by atoms with Gasteiger partial charge in [0.05, 0.1) is 12.7 Å². The molecule has 0 saturated carbocycles. The zero-order chi connectivity index (χ0) is 28.0. The van der Waals surface area contributed by atoms with Crippen molar-refractivity contribution >= 4 is 17.7 Å². The third-order valence-electron chi connectivity index (χ3n) is 6.41. The van der Waals surface area contributed by atoms with Crippen LogP contribution in [0.2, 0.25) is 0 Å². The minimum absolute atomic E-state index is 0.245. The number of nitrogens with one attached hydrogen (secondary N) is 1. The average Bonchev–Trinajstić information content (AvgIpc) is 2.89. The molecule has 0 spiro atoms. The lowest BCUT2D eigenvalue weighted by Gasteiger charge is -2.37. The van der Waals surface area contributed by atoms with Gasteiger partial charge in [-0.3, -0.25) is 0 Å². The number of carbonyl (C=O) groups is 2. The zero-order valence-electron chi connectivity index (χ0n) is 22.2. The van der Waals surface area contributed by atoms with E-state index in [1.165, 1.54) is 31.4 Å². The first-order chi connectivity index (χ1) is 18.6. The van der Waals surface area contributed by atoms with Crippen molar-refractivity contribution in [3.05, 3.63) is 78.1 Å². The summed E-state index contributed by atoms with van der Waals surface area (Å²) in [5.74, 6) is 0.929. The van der Waals surface area contributed by atoms with Crippen LogP contribution >= 0.6 is 0 Å². The van der Waals surface area contributed by atoms with Crippen molar-refractivity contribution in [2.45, 2.75) is 38.8 Å². The highest BCUT2D eigenvalue weighted by Crippen LogP contribution is 2.35. The first kappa shape index (κ1) is 27.9. The Hall–Kier alpha value is -4.14. The maximum Gasteiger partial charge on any atom is 0.337 e. The van der Waals surface area contributed by atoms with Crippen molar-refractivity contribution in [1.29, 1.82) is 0 Å². The molecule has 4 rings (SSSR count). The molecule has 0 radical (unpaired) electrons. The molecule has 0 bridgehead atoms. The third-order valence-corrected chi connectivity index (χ3v) is 6.41. The number of likely N-dealkylation sites (tertiary alicyclic amines) is 1. The Balaban J connectivity index is 1.51. The number of urea groups is 1. The Kier molecular flexibility index (Phi) is 8.69. The number of hydrogen-bond donors (Lipinski definition) is 1. The number of alkyl halides is 1. The van der Waals surface area contributed by atoms with E-state index in [-0.39, 0.29) is 11.9 Å². The van der Waals surface area contributed by atoms with Crippen LogP contribution in [0.25, 0.3) is 0 Å². The summed E-state index contributed by atoms with van der Waals surface area (Å²) in [5.41, 5.74) is -0.475. The molecule has 0 atom stereocenters. The lowest BCUT2D eigenvalue weighted by Crippen LogP contribution is -2.46. The average molecular weight is 539 g/mol. The lowest BCUT2D eigenvalue weighted by molar-refractivity contribution is 0.0549. The molecule has 1 fully saturated rings. The number of benzene rings is 3. The van der Waals surface area contributed by atoms with E-state index in [0.29, 0.717) is 66.6 Å². The SMILES string of the molecule is COC(=O)c1ccc(Oc2cc(NC(=O)N3CCC(F)(CC(C)C)CC3)cc(Oc3ccc(F)cc3)c2)cc1. The largest absolute Gasteiger partial charge is 0.465 e. The van der Waals surface area contributed by atoms with Crippen LogP contribution in [0.1, 0.15) is 43.5 Å². The predicted octanol–water partition coefficient (Wildman–Crippen LogP) is 7.58. The molecule has 1 N–H and O–H groups in total. The van der Waals surface area contributed by atoms with Gasteiger partial charge >= 0.3 is 12.0 Å². The molecule has 1 heterocycles. The predicted molar refractivity (Wildman–Crippen MR) is 144 cm³/mol. The number of anilines is 1. The summed E-state index contributed by atoms with van der Waals surface area (Å²) in [5, 5.41) is 2.86. The van der Waals surface area contributed by atoms with Gasteiger partial charge in [-0.2, -0.15) is 0 Å². The number of methoxy groups -OCH3 is 1. The lowest BCUT2D eigenvalue weighted by atomic mass is 9.85. The number of ether oxygens (including phenoxy) is 3. The summed E-state index contributed by atoms with van der Waals surface area (Å²) in [7, 11) is 1.30. The molecule has 0 aliphatic carbocycles. The van der Waals surface area contributed by atoms with Gasteiger partial charge in [-0.1, -0.05) is 13.8 Å². The number of esters is 1. The van der Waals surface area contributed by atoms with E-state index in [4.69, 9.17) is 14.2 Å². The second kappa shape index (κ2) is 12.1. The summed E-state index contributed by atoms with van der Waals surface area (Å²) in [6.07, 6.45) is 1.07. The fourth-order valence-electron chi connectivity index (χ4n) is 4.56.